The summed E-state index contributed by atoms with van der Waals surface area (Å²) in [7, 11) is 0.737. The Kier molecular flexibility index (Phi) is 7.28. The van der Waals surface area contributed by atoms with E-state index < -0.39 is 0 Å². The molecular weight excluding hydrogens is 146 g/mol. The van der Waals surface area contributed by atoms with Gasteiger partial charge in [-0.15, -0.1) is 0 Å². The van der Waals surface area contributed by atoms with Crippen molar-refractivity contribution in [2.24, 2.45) is 5.73 Å². The molecule has 0 spiro atoms. The molecule has 1 atom stereocenters. The van der Waals surface area contributed by atoms with Gasteiger partial charge in [0.05, 0.1) is 0 Å². The largest absolute Gasteiger partial charge is 0.404 e. The molecular formula is C6H17NO2Si. The molecule has 0 bridgehead atoms. The minimum Gasteiger partial charge on any atom is -0.404 e. The summed E-state index contributed by atoms with van der Waals surface area (Å²) in [6, 6.07) is 0. The molecule has 0 saturated carbocycles. The minimum atomic E-state index is 0.000201. The van der Waals surface area contributed by atoms with Crippen molar-refractivity contribution in [3.05, 3.63) is 0 Å². The van der Waals surface area contributed by atoms with Crippen LogP contribution in [0.1, 0.15) is 19.8 Å². The van der Waals surface area contributed by atoms with Gasteiger partial charge in [0, 0.05) is 6.61 Å². The lowest BCUT2D eigenvalue weighted by molar-refractivity contribution is -0.0765. The molecule has 0 radical (unpaired) electrons. The Labute approximate surface area is 65.4 Å². The zero-order valence-electron chi connectivity index (χ0n) is 6.80. The molecule has 0 aromatic heterocycles. The molecule has 0 aliphatic rings. The summed E-state index contributed by atoms with van der Waals surface area (Å²) in [6.07, 6.45) is 1.90. The molecule has 2 N–H and O–H groups in total. The maximum atomic E-state index is 5.33. The fourth-order valence-electron chi connectivity index (χ4n) is 0.740. The normalized spacial score (nSPS) is 13.8. The lowest BCUT2D eigenvalue weighted by Gasteiger charge is -2.14. The molecule has 0 aromatic rings. The molecule has 0 amide bonds. The predicted octanol–water partition coefficient (Wildman–Crippen LogP) is -0.615. The van der Waals surface area contributed by atoms with Gasteiger partial charge in [-0.1, -0.05) is 0 Å². The van der Waals surface area contributed by atoms with Crippen LogP contribution in [0.4, 0.5) is 0 Å². The maximum absolute atomic E-state index is 5.33. The van der Waals surface area contributed by atoms with E-state index in [1.54, 1.807) is 0 Å². The summed E-state index contributed by atoms with van der Waals surface area (Å²) in [5.74, 6) is 0. The summed E-state index contributed by atoms with van der Waals surface area (Å²) in [4.78, 5) is 0. The quantitative estimate of drug-likeness (QED) is 0.419. The van der Waals surface area contributed by atoms with Crippen LogP contribution in [0.15, 0.2) is 0 Å². The average molecular weight is 163 g/mol. The molecule has 0 heterocycles. The number of hydrogen-bond donors (Lipinski definition) is 1. The van der Waals surface area contributed by atoms with E-state index in [9.17, 15) is 0 Å². The van der Waals surface area contributed by atoms with E-state index in [0.29, 0.717) is 6.54 Å². The van der Waals surface area contributed by atoms with Crippen molar-refractivity contribution in [3.63, 3.8) is 0 Å². The van der Waals surface area contributed by atoms with Gasteiger partial charge in [0.15, 0.2) is 0 Å². The second kappa shape index (κ2) is 7.21. The monoisotopic (exact) mass is 163 g/mol. The Morgan fingerprint density at radius 2 is 2.30 bits per heavy atom. The van der Waals surface area contributed by atoms with Gasteiger partial charge in [-0.25, -0.2) is 0 Å². The van der Waals surface area contributed by atoms with E-state index in [2.05, 4.69) is 0 Å². The van der Waals surface area contributed by atoms with Crippen molar-refractivity contribution in [2.45, 2.75) is 26.1 Å². The molecule has 0 fully saturated rings. The van der Waals surface area contributed by atoms with Gasteiger partial charge in [0.2, 0.25) is 0 Å². The highest BCUT2D eigenvalue weighted by Gasteiger charge is 2.02. The Bertz CT molecular complexity index is 72.8. The summed E-state index contributed by atoms with van der Waals surface area (Å²) in [6.45, 7) is 3.40. The highest BCUT2D eigenvalue weighted by Crippen LogP contribution is 2.00. The van der Waals surface area contributed by atoms with Gasteiger partial charge in [-0.3, -0.25) is 0 Å². The highest BCUT2D eigenvalue weighted by atomic mass is 28.2. The first-order valence-corrected chi connectivity index (χ1v) is 4.51. The fraction of sp³-hybridized carbons (Fsp3) is 1.00. The minimum absolute atomic E-state index is 0.000201. The second-order valence-corrected chi connectivity index (χ2v) is 2.52. The number of nitrogens with two attached hydrogens (primary N) is 1. The molecule has 1 unspecified atom stereocenters. The lowest BCUT2D eigenvalue weighted by atomic mass is 10.3. The second-order valence-electron chi connectivity index (χ2n) is 2.05. The van der Waals surface area contributed by atoms with Crippen LogP contribution in [0.5, 0.6) is 0 Å². The van der Waals surface area contributed by atoms with Gasteiger partial charge in [-0.05, 0) is 26.3 Å². The first-order chi connectivity index (χ1) is 4.85. The van der Waals surface area contributed by atoms with E-state index in [1.807, 2.05) is 6.92 Å². The standard InChI is InChI=1S/C6H17NO2Si/c1-2-8-6(9-10)4-3-5-7/h6H,2-5,7H2,1,10H3. The van der Waals surface area contributed by atoms with Crippen LogP contribution in [0.3, 0.4) is 0 Å². The van der Waals surface area contributed by atoms with Gasteiger partial charge >= 0.3 is 0 Å². The summed E-state index contributed by atoms with van der Waals surface area (Å²) in [5.41, 5.74) is 5.33. The van der Waals surface area contributed by atoms with Gasteiger partial charge in [0.1, 0.15) is 16.8 Å². The SMILES string of the molecule is CCOC(CCCN)O[SiH3]. The molecule has 62 valence electrons. The molecule has 3 nitrogen and oxygen atoms in total. The van der Waals surface area contributed by atoms with Gasteiger partial charge < -0.3 is 14.9 Å². The van der Waals surface area contributed by atoms with E-state index >= 15 is 0 Å². The third kappa shape index (κ3) is 4.93. The molecule has 0 aliphatic carbocycles. The number of rotatable bonds is 6. The van der Waals surface area contributed by atoms with Crippen LogP contribution in [-0.2, 0) is 9.16 Å². The summed E-state index contributed by atoms with van der Waals surface area (Å²) < 4.78 is 10.4. The first-order valence-electron chi connectivity index (χ1n) is 3.69. The Morgan fingerprint density at radius 1 is 1.60 bits per heavy atom. The predicted molar refractivity (Wildman–Crippen MR) is 44.7 cm³/mol. The summed E-state index contributed by atoms with van der Waals surface area (Å²) in [5, 5.41) is 0. The van der Waals surface area contributed by atoms with Crippen LogP contribution in [0.2, 0.25) is 0 Å². The van der Waals surface area contributed by atoms with Crippen LogP contribution in [0.25, 0.3) is 0 Å². The third-order valence-electron chi connectivity index (χ3n) is 1.26. The number of hydrogen-bond acceptors (Lipinski definition) is 3. The Balaban J connectivity index is 3.21. The highest BCUT2D eigenvalue weighted by molar-refractivity contribution is 5.98. The molecule has 0 rings (SSSR count). The Hall–Kier alpha value is 0.0969. The third-order valence-corrected chi connectivity index (χ3v) is 1.79. The van der Waals surface area contributed by atoms with E-state index in [-0.39, 0.29) is 6.29 Å². The first kappa shape index (κ1) is 10.1. The molecule has 0 aliphatic heterocycles. The van der Waals surface area contributed by atoms with Crippen LogP contribution in [0, 0.1) is 0 Å². The van der Waals surface area contributed by atoms with Crippen molar-refractivity contribution in [1.82, 2.24) is 0 Å². The van der Waals surface area contributed by atoms with E-state index in [0.717, 1.165) is 29.9 Å². The Morgan fingerprint density at radius 3 is 2.70 bits per heavy atom. The van der Waals surface area contributed by atoms with Crippen molar-refractivity contribution in [3.8, 4) is 0 Å². The zero-order chi connectivity index (χ0) is 7.82. The molecule has 10 heavy (non-hydrogen) atoms. The smallest absolute Gasteiger partial charge is 0.149 e. The van der Waals surface area contributed by atoms with Gasteiger partial charge in [0.25, 0.3) is 0 Å². The van der Waals surface area contributed by atoms with Crippen molar-refractivity contribution in [1.29, 1.82) is 0 Å². The van der Waals surface area contributed by atoms with Crippen LogP contribution >= 0.6 is 0 Å². The molecule has 0 saturated heterocycles. The number of ether oxygens (including phenoxy) is 1. The van der Waals surface area contributed by atoms with E-state index in [4.69, 9.17) is 14.9 Å². The maximum Gasteiger partial charge on any atom is 0.149 e. The van der Waals surface area contributed by atoms with Crippen molar-refractivity contribution >= 4 is 10.5 Å². The van der Waals surface area contributed by atoms with Crippen LogP contribution in [-0.4, -0.2) is 29.9 Å². The fourth-order valence-corrected chi connectivity index (χ4v) is 1.11. The van der Waals surface area contributed by atoms with Crippen LogP contribution < -0.4 is 5.73 Å². The van der Waals surface area contributed by atoms with Crippen molar-refractivity contribution < 1.29 is 9.16 Å². The average Bonchev–Trinajstić information content (AvgIpc) is 1.98. The topological polar surface area (TPSA) is 44.5 Å². The summed E-state index contributed by atoms with van der Waals surface area (Å²) >= 11 is 0. The van der Waals surface area contributed by atoms with Gasteiger partial charge in [-0.2, -0.15) is 0 Å². The molecule has 4 heteroatoms. The van der Waals surface area contributed by atoms with Crippen molar-refractivity contribution in [2.75, 3.05) is 13.2 Å². The van der Waals surface area contributed by atoms with E-state index in [1.165, 1.54) is 0 Å². The zero-order valence-corrected chi connectivity index (χ0v) is 8.80. The lowest BCUT2D eigenvalue weighted by Crippen LogP contribution is -2.17. The molecule has 0 aromatic carbocycles.